The first-order valence-corrected chi connectivity index (χ1v) is 2.68. The van der Waals surface area contributed by atoms with Crippen molar-refractivity contribution in [3.8, 4) is 6.07 Å². The predicted octanol–water partition coefficient (Wildman–Crippen LogP) is 0.763. The summed E-state index contributed by atoms with van der Waals surface area (Å²) in [6, 6.07) is 2.14. The molecule has 0 amide bonds. The summed E-state index contributed by atoms with van der Waals surface area (Å²) < 4.78 is 0. The van der Waals surface area contributed by atoms with Gasteiger partial charge in [0.1, 0.15) is 0 Å². The summed E-state index contributed by atoms with van der Waals surface area (Å²) in [4.78, 5) is 0. The van der Waals surface area contributed by atoms with Crippen LogP contribution in [0.25, 0.3) is 0 Å². The lowest BCUT2D eigenvalue weighted by molar-refractivity contribution is 0.776. The van der Waals surface area contributed by atoms with Crippen molar-refractivity contribution in [1.29, 1.82) is 5.26 Å². The molecule has 0 spiro atoms. The molecule has 0 radical (unpaired) electrons. The van der Waals surface area contributed by atoms with Gasteiger partial charge in [-0.05, 0) is 18.9 Å². The van der Waals surface area contributed by atoms with Crippen LogP contribution in [0.3, 0.4) is 0 Å². The molecule has 1 rings (SSSR count). The minimum Gasteiger partial charge on any atom is -0.402 e. The highest BCUT2D eigenvalue weighted by Crippen LogP contribution is 2.18. The van der Waals surface area contributed by atoms with Crippen molar-refractivity contribution >= 4 is 0 Å². The number of hydrogen-bond donors (Lipinski definition) is 1. The van der Waals surface area contributed by atoms with Crippen LogP contribution in [-0.4, -0.2) is 0 Å². The Morgan fingerprint density at radius 1 is 1.88 bits per heavy atom. The maximum absolute atomic E-state index is 8.33. The van der Waals surface area contributed by atoms with Crippen molar-refractivity contribution in [2.45, 2.75) is 12.8 Å². The van der Waals surface area contributed by atoms with Gasteiger partial charge in [0.2, 0.25) is 0 Å². The maximum atomic E-state index is 8.33. The molecule has 0 saturated heterocycles. The normalized spacial score (nSPS) is 26.9. The van der Waals surface area contributed by atoms with Crippen molar-refractivity contribution in [2.75, 3.05) is 0 Å². The highest BCUT2D eigenvalue weighted by atomic mass is 14.6. The van der Waals surface area contributed by atoms with E-state index in [0.717, 1.165) is 18.5 Å². The van der Waals surface area contributed by atoms with E-state index in [2.05, 4.69) is 6.07 Å². The second kappa shape index (κ2) is 1.87. The van der Waals surface area contributed by atoms with Gasteiger partial charge in [-0.1, -0.05) is 0 Å². The SMILES string of the molecule is N#CC1C=C(N)CC1. The first kappa shape index (κ1) is 5.17. The maximum Gasteiger partial charge on any atom is 0.0698 e. The van der Waals surface area contributed by atoms with Crippen LogP contribution in [0.15, 0.2) is 11.8 Å². The number of nitrogens with two attached hydrogens (primary N) is 1. The Bertz CT molecular complexity index is 152. The lowest BCUT2D eigenvalue weighted by Crippen LogP contribution is -1.89. The van der Waals surface area contributed by atoms with Crippen molar-refractivity contribution < 1.29 is 0 Å². The largest absolute Gasteiger partial charge is 0.402 e. The Labute approximate surface area is 48.6 Å². The number of hydrogen-bond acceptors (Lipinski definition) is 2. The molecule has 0 heterocycles. The summed E-state index contributed by atoms with van der Waals surface area (Å²) in [6.07, 6.45) is 3.65. The number of allylic oxidation sites excluding steroid dienone is 2. The van der Waals surface area contributed by atoms with Crippen LogP contribution in [0.5, 0.6) is 0 Å². The molecule has 2 nitrogen and oxygen atoms in total. The summed E-state index contributed by atoms with van der Waals surface area (Å²) in [5.74, 6) is 0.0926. The van der Waals surface area contributed by atoms with Crippen LogP contribution >= 0.6 is 0 Å². The van der Waals surface area contributed by atoms with Gasteiger partial charge in [0.25, 0.3) is 0 Å². The van der Waals surface area contributed by atoms with Gasteiger partial charge in [-0.2, -0.15) is 5.26 Å². The van der Waals surface area contributed by atoms with E-state index in [4.69, 9.17) is 11.0 Å². The van der Waals surface area contributed by atoms with Crippen LogP contribution in [0.2, 0.25) is 0 Å². The second-order valence-corrected chi connectivity index (χ2v) is 2.02. The lowest BCUT2D eigenvalue weighted by Gasteiger charge is -1.85. The monoisotopic (exact) mass is 108 g/mol. The first-order valence-electron chi connectivity index (χ1n) is 2.68. The molecule has 0 aromatic heterocycles. The van der Waals surface area contributed by atoms with E-state index in [1.165, 1.54) is 0 Å². The van der Waals surface area contributed by atoms with E-state index in [9.17, 15) is 0 Å². The van der Waals surface area contributed by atoms with Crippen molar-refractivity contribution in [2.24, 2.45) is 11.7 Å². The number of nitrogens with zero attached hydrogens (tertiary/aromatic N) is 1. The molecule has 2 N–H and O–H groups in total. The van der Waals surface area contributed by atoms with Crippen molar-refractivity contribution in [3.63, 3.8) is 0 Å². The molecule has 0 saturated carbocycles. The Morgan fingerprint density at radius 3 is 2.88 bits per heavy atom. The molecule has 0 aliphatic heterocycles. The van der Waals surface area contributed by atoms with Gasteiger partial charge in [0.15, 0.2) is 0 Å². The van der Waals surface area contributed by atoms with Crippen molar-refractivity contribution in [3.05, 3.63) is 11.8 Å². The number of rotatable bonds is 0. The van der Waals surface area contributed by atoms with Gasteiger partial charge in [0.05, 0.1) is 12.0 Å². The summed E-state index contributed by atoms with van der Waals surface area (Å²) in [5, 5.41) is 8.33. The Kier molecular flexibility index (Phi) is 1.21. The third kappa shape index (κ3) is 0.812. The van der Waals surface area contributed by atoms with Crippen LogP contribution in [-0.2, 0) is 0 Å². The van der Waals surface area contributed by atoms with E-state index in [0.29, 0.717) is 0 Å². The van der Waals surface area contributed by atoms with E-state index >= 15 is 0 Å². The average molecular weight is 108 g/mol. The molecule has 2 heteroatoms. The Morgan fingerprint density at radius 2 is 2.62 bits per heavy atom. The van der Waals surface area contributed by atoms with E-state index < -0.39 is 0 Å². The third-order valence-electron chi connectivity index (χ3n) is 1.33. The minimum atomic E-state index is 0.0926. The van der Waals surface area contributed by atoms with Crippen LogP contribution in [0.1, 0.15) is 12.8 Å². The topological polar surface area (TPSA) is 49.8 Å². The van der Waals surface area contributed by atoms with Gasteiger partial charge in [0, 0.05) is 5.70 Å². The Hall–Kier alpha value is -0.970. The zero-order valence-electron chi connectivity index (χ0n) is 4.59. The highest BCUT2D eigenvalue weighted by Gasteiger charge is 2.11. The van der Waals surface area contributed by atoms with Crippen LogP contribution in [0, 0.1) is 17.2 Å². The van der Waals surface area contributed by atoms with Crippen LogP contribution in [0.4, 0.5) is 0 Å². The standard InChI is InChI=1S/C6H8N2/c7-4-5-1-2-6(8)3-5/h3,5H,1-2,8H2. The molecule has 1 aliphatic carbocycles. The molecule has 1 unspecified atom stereocenters. The molecule has 1 atom stereocenters. The van der Waals surface area contributed by atoms with Crippen molar-refractivity contribution in [1.82, 2.24) is 0 Å². The molecular weight excluding hydrogens is 100 g/mol. The molecule has 8 heavy (non-hydrogen) atoms. The summed E-state index contributed by atoms with van der Waals surface area (Å²) in [6.45, 7) is 0. The van der Waals surface area contributed by atoms with Gasteiger partial charge >= 0.3 is 0 Å². The molecule has 0 bridgehead atoms. The quantitative estimate of drug-likeness (QED) is 0.498. The zero-order chi connectivity index (χ0) is 5.98. The molecule has 0 fully saturated rings. The fourth-order valence-electron chi connectivity index (χ4n) is 0.849. The Balaban J connectivity index is 2.57. The van der Waals surface area contributed by atoms with Crippen LogP contribution < -0.4 is 5.73 Å². The summed E-state index contributed by atoms with van der Waals surface area (Å²) in [7, 11) is 0. The van der Waals surface area contributed by atoms with Gasteiger partial charge in [-0.3, -0.25) is 0 Å². The molecular formula is C6H8N2. The average Bonchev–Trinajstić information content (AvgIpc) is 2.14. The molecule has 0 aromatic rings. The van der Waals surface area contributed by atoms with Gasteiger partial charge in [-0.25, -0.2) is 0 Å². The smallest absolute Gasteiger partial charge is 0.0698 e. The third-order valence-corrected chi connectivity index (χ3v) is 1.33. The zero-order valence-corrected chi connectivity index (χ0v) is 4.59. The molecule has 42 valence electrons. The molecule has 1 aliphatic rings. The minimum absolute atomic E-state index is 0.0926. The summed E-state index contributed by atoms with van der Waals surface area (Å²) in [5.41, 5.74) is 6.28. The lowest BCUT2D eigenvalue weighted by atomic mass is 10.2. The highest BCUT2D eigenvalue weighted by molar-refractivity contribution is 5.13. The summed E-state index contributed by atoms with van der Waals surface area (Å²) >= 11 is 0. The fourth-order valence-corrected chi connectivity index (χ4v) is 0.849. The number of nitriles is 1. The van der Waals surface area contributed by atoms with Gasteiger partial charge < -0.3 is 5.73 Å². The van der Waals surface area contributed by atoms with Gasteiger partial charge in [-0.15, -0.1) is 0 Å². The fraction of sp³-hybridized carbons (Fsp3) is 0.500. The predicted molar refractivity (Wildman–Crippen MR) is 30.6 cm³/mol. The van der Waals surface area contributed by atoms with E-state index in [-0.39, 0.29) is 5.92 Å². The first-order chi connectivity index (χ1) is 3.83. The van der Waals surface area contributed by atoms with E-state index in [1.54, 1.807) is 0 Å². The molecule has 0 aromatic carbocycles. The van der Waals surface area contributed by atoms with E-state index in [1.807, 2.05) is 6.08 Å². The second-order valence-electron chi connectivity index (χ2n) is 2.02.